The van der Waals surface area contributed by atoms with Gasteiger partial charge in [0, 0.05) is 11.6 Å². The molecule has 5 heteroatoms. The van der Waals surface area contributed by atoms with Crippen molar-refractivity contribution < 1.29 is 4.79 Å². The Bertz CT molecular complexity index is 667. The van der Waals surface area contributed by atoms with E-state index < -0.39 is 0 Å². The fraction of sp³-hybridized carbons (Fsp3) is 0.500. The molecule has 0 aliphatic heterocycles. The highest BCUT2D eigenvalue weighted by Gasteiger charge is 2.32. The summed E-state index contributed by atoms with van der Waals surface area (Å²) < 4.78 is 0.964. The van der Waals surface area contributed by atoms with Crippen molar-refractivity contribution in [3.8, 4) is 0 Å². The lowest BCUT2D eigenvalue weighted by Gasteiger charge is -2.21. The van der Waals surface area contributed by atoms with Gasteiger partial charge in [0.2, 0.25) is 0 Å². The quantitative estimate of drug-likeness (QED) is 0.912. The van der Waals surface area contributed by atoms with Crippen LogP contribution in [0.1, 0.15) is 43.5 Å². The monoisotopic (exact) mass is 303 g/mol. The Morgan fingerprint density at radius 1 is 1.48 bits per heavy atom. The fourth-order valence-corrected chi connectivity index (χ4v) is 4.14. The molecule has 4 nitrogen and oxygen atoms in total. The lowest BCUT2D eigenvalue weighted by molar-refractivity contribution is 0.0926. The molecule has 3 unspecified atom stereocenters. The van der Waals surface area contributed by atoms with Crippen LogP contribution in [-0.2, 0) is 0 Å². The Labute approximate surface area is 128 Å². The van der Waals surface area contributed by atoms with Crippen LogP contribution in [0.15, 0.2) is 18.2 Å². The number of fused-ring (bicyclic) bond motifs is 1. The van der Waals surface area contributed by atoms with Gasteiger partial charge in [0.05, 0.1) is 10.2 Å². The first-order valence-electron chi connectivity index (χ1n) is 7.55. The van der Waals surface area contributed by atoms with Gasteiger partial charge in [0.1, 0.15) is 0 Å². The summed E-state index contributed by atoms with van der Waals surface area (Å²) in [5.41, 5.74) is 7.25. The molecule has 112 valence electrons. The number of amides is 1. The van der Waals surface area contributed by atoms with Gasteiger partial charge in [-0.1, -0.05) is 31.6 Å². The number of aromatic nitrogens is 1. The van der Waals surface area contributed by atoms with Crippen molar-refractivity contribution in [2.24, 2.45) is 11.8 Å². The van der Waals surface area contributed by atoms with E-state index >= 15 is 0 Å². The molecule has 1 fully saturated rings. The molecule has 2 aromatic rings. The first-order valence-corrected chi connectivity index (χ1v) is 8.37. The molecule has 1 aromatic carbocycles. The van der Waals surface area contributed by atoms with E-state index in [1.54, 1.807) is 0 Å². The van der Waals surface area contributed by atoms with E-state index in [1.807, 2.05) is 18.2 Å². The van der Waals surface area contributed by atoms with Gasteiger partial charge in [-0.3, -0.25) is 4.79 Å². The number of nitrogens with two attached hydrogens (primary N) is 1. The van der Waals surface area contributed by atoms with Crippen LogP contribution >= 0.6 is 11.3 Å². The lowest BCUT2D eigenvalue weighted by Crippen LogP contribution is -2.37. The second-order valence-electron chi connectivity index (χ2n) is 5.92. The van der Waals surface area contributed by atoms with E-state index in [9.17, 15) is 4.79 Å². The highest BCUT2D eigenvalue weighted by Crippen LogP contribution is 2.34. The summed E-state index contributed by atoms with van der Waals surface area (Å²) in [4.78, 5) is 16.6. The number of nitrogen functional groups attached to an aromatic ring is 1. The zero-order chi connectivity index (χ0) is 15.0. The van der Waals surface area contributed by atoms with Crippen molar-refractivity contribution in [2.45, 2.75) is 39.2 Å². The van der Waals surface area contributed by atoms with Crippen molar-refractivity contribution in [1.82, 2.24) is 10.3 Å². The topological polar surface area (TPSA) is 68.0 Å². The number of rotatable bonds is 3. The Hall–Kier alpha value is -1.62. The maximum atomic E-state index is 12.4. The average molecular weight is 303 g/mol. The van der Waals surface area contributed by atoms with Crippen molar-refractivity contribution in [2.75, 3.05) is 5.73 Å². The van der Waals surface area contributed by atoms with E-state index in [-0.39, 0.29) is 5.91 Å². The number of hydrogen-bond donors (Lipinski definition) is 2. The average Bonchev–Trinajstić information content (AvgIpc) is 3.00. The molecule has 3 rings (SSSR count). The second-order valence-corrected chi connectivity index (χ2v) is 6.98. The van der Waals surface area contributed by atoms with Gasteiger partial charge >= 0.3 is 0 Å². The first kappa shape index (κ1) is 14.3. The molecule has 1 aromatic heterocycles. The first-order chi connectivity index (χ1) is 10.1. The molecule has 0 saturated heterocycles. The van der Waals surface area contributed by atoms with Crippen LogP contribution in [0.2, 0.25) is 0 Å². The number of benzene rings is 1. The summed E-state index contributed by atoms with van der Waals surface area (Å²) in [6, 6.07) is 5.87. The van der Waals surface area contributed by atoms with Gasteiger partial charge in [-0.05, 0) is 42.9 Å². The summed E-state index contributed by atoms with van der Waals surface area (Å²) in [5, 5.41) is 3.73. The highest BCUT2D eigenvalue weighted by atomic mass is 32.1. The predicted molar refractivity (Wildman–Crippen MR) is 87.5 cm³/mol. The maximum Gasteiger partial charge on any atom is 0.251 e. The van der Waals surface area contributed by atoms with Crippen LogP contribution in [0.5, 0.6) is 0 Å². The molecule has 1 heterocycles. The number of nitrogens with zero attached hydrogens (tertiary/aromatic N) is 1. The molecule has 1 aliphatic rings. The van der Waals surface area contributed by atoms with Crippen LogP contribution < -0.4 is 11.1 Å². The van der Waals surface area contributed by atoms with Crippen molar-refractivity contribution in [3.05, 3.63) is 23.8 Å². The summed E-state index contributed by atoms with van der Waals surface area (Å²) in [7, 11) is 0. The maximum absolute atomic E-state index is 12.4. The van der Waals surface area contributed by atoms with E-state index in [2.05, 4.69) is 24.1 Å². The molecule has 1 amide bonds. The van der Waals surface area contributed by atoms with Crippen molar-refractivity contribution in [3.63, 3.8) is 0 Å². The van der Waals surface area contributed by atoms with Crippen LogP contribution in [0.3, 0.4) is 0 Å². The molecule has 1 saturated carbocycles. The third kappa shape index (κ3) is 2.75. The van der Waals surface area contributed by atoms with Gasteiger partial charge in [-0.15, -0.1) is 0 Å². The van der Waals surface area contributed by atoms with Crippen molar-refractivity contribution >= 4 is 32.6 Å². The molecule has 0 radical (unpaired) electrons. The second kappa shape index (κ2) is 5.64. The summed E-state index contributed by atoms with van der Waals surface area (Å²) in [6.45, 7) is 4.48. The smallest absolute Gasteiger partial charge is 0.251 e. The summed E-state index contributed by atoms with van der Waals surface area (Å²) >= 11 is 1.42. The molecule has 1 aliphatic carbocycles. The highest BCUT2D eigenvalue weighted by molar-refractivity contribution is 7.22. The van der Waals surface area contributed by atoms with E-state index in [0.717, 1.165) is 22.6 Å². The minimum absolute atomic E-state index is 0.0116. The Morgan fingerprint density at radius 2 is 2.29 bits per heavy atom. The van der Waals surface area contributed by atoms with E-state index in [0.29, 0.717) is 22.7 Å². The lowest BCUT2D eigenvalue weighted by atomic mass is 9.93. The zero-order valence-corrected chi connectivity index (χ0v) is 13.2. The minimum atomic E-state index is 0.0116. The van der Waals surface area contributed by atoms with Gasteiger partial charge in [0.25, 0.3) is 5.91 Å². The largest absolute Gasteiger partial charge is 0.375 e. The van der Waals surface area contributed by atoms with Gasteiger partial charge < -0.3 is 11.1 Å². The van der Waals surface area contributed by atoms with Gasteiger partial charge in [-0.25, -0.2) is 4.98 Å². The SMILES string of the molecule is CCC1CCC(NC(=O)c2ccc3nc(N)sc3c2)C1C. The molecule has 21 heavy (non-hydrogen) atoms. The van der Waals surface area contributed by atoms with Gasteiger partial charge in [0.15, 0.2) is 5.13 Å². The Morgan fingerprint density at radius 3 is 3.00 bits per heavy atom. The molecule has 3 N–H and O–H groups in total. The Kier molecular flexibility index (Phi) is 3.85. The van der Waals surface area contributed by atoms with E-state index in [1.165, 1.54) is 24.2 Å². The number of nitrogens with one attached hydrogen (secondary N) is 1. The third-order valence-corrected chi connectivity index (χ3v) is 5.58. The normalized spacial score (nSPS) is 25.3. The van der Waals surface area contributed by atoms with Crippen LogP contribution in [0, 0.1) is 11.8 Å². The standard InChI is InChI=1S/C16H21N3OS/c1-3-10-4-6-12(9(10)2)18-15(20)11-5-7-13-14(8-11)21-16(17)19-13/h5,7-10,12H,3-4,6H2,1-2H3,(H2,17,19)(H,18,20). The molecular formula is C16H21N3OS. The third-order valence-electron chi connectivity index (χ3n) is 4.73. The van der Waals surface area contributed by atoms with Gasteiger partial charge in [-0.2, -0.15) is 0 Å². The summed E-state index contributed by atoms with van der Waals surface area (Å²) in [6.07, 6.45) is 3.49. The molecule has 3 atom stereocenters. The zero-order valence-electron chi connectivity index (χ0n) is 12.4. The van der Waals surface area contributed by atoms with Crippen molar-refractivity contribution in [1.29, 1.82) is 0 Å². The molecule has 0 bridgehead atoms. The summed E-state index contributed by atoms with van der Waals surface area (Å²) in [5.74, 6) is 1.30. The minimum Gasteiger partial charge on any atom is -0.375 e. The van der Waals surface area contributed by atoms with E-state index in [4.69, 9.17) is 5.73 Å². The number of thiazole rings is 1. The van der Waals surface area contributed by atoms with Crippen LogP contribution in [0.25, 0.3) is 10.2 Å². The number of carbonyl (C=O) groups is 1. The number of carbonyl (C=O) groups excluding carboxylic acids is 1. The Balaban J connectivity index is 1.75. The fourth-order valence-electron chi connectivity index (χ4n) is 3.36. The van der Waals surface area contributed by atoms with Crippen LogP contribution in [0.4, 0.5) is 5.13 Å². The predicted octanol–water partition coefficient (Wildman–Crippen LogP) is 3.43. The molecular weight excluding hydrogens is 282 g/mol. The van der Waals surface area contributed by atoms with Crippen LogP contribution in [-0.4, -0.2) is 16.9 Å². The number of hydrogen-bond acceptors (Lipinski definition) is 4. The molecule has 0 spiro atoms. The number of anilines is 1.